The number of carbonyl (C=O) groups is 4. The van der Waals surface area contributed by atoms with Crippen molar-refractivity contribution in [1.82, 2.24) is 19.7 Å². The second-order valence-corrected chi connectivity index (χ2v) is 12.7. The Morgan fingerprint density at radius 3 is 2.30 bits per heavy atom. The predicted molar refractivity (Wildman–Crippen MR) is 178 cm³/mol. The number of nitrogens with one attached hydrogen (secondary N) is 1. The predicted octanol–water partition coefficient (Wildman–Crippen LogP) is 4.28. The number of hydrogen-bond donors (Lipinski definition) is 2. The first kappa shape index (κ1) is 33.3. The summed E-state index contributed by atoms with van der Waals surface area (Å²) in [7, 11) is 0. The molecule has 4 heterocycles. The van der Waals surface area contributed by atoms with Crippen LogP contribution in [0.15, 0.2) is 66.9 Å². The van der Waals surface area contributed by atoms with Crippen LogP contribution in [0.3, 0.4) is 0 Å². The first-order chi connectivity index (χ1) is 24.0. The second-order valence-electron chi connectivity index (χ2n) is 12.7. The normalized spacial score (nSPS) is 18.6. The fourth-order valence-corrected chi connectivity index (χ4v) is 7.03. The number of imide groups is 2. The van der Waals surface area contributed by atoms with Gasteiger partial charge in [0.1, 0.15) is 11.8 Å². The standard InChI is InChI=1S/C36H35F3N6O5/c37-36(38,39)50-25-6-3-23(4-7-25)29-21-44(13-1-12-40)30-9-2-22(18-27(29)30)20-42-14-16-43(17-15-42)24-5-8-26-28(19-24)35(49)45(34(26)48)31-10-11-32(46)41-33(31)47/h2-9,18-19,21,31H,1,10-17,20,40H2,(H,41,46,47). The van der Waals surface area contributed by atoms with Gasteiger partial charge < -0.3 is 19.9 Å². The van der Waals surface area contributed by atoms with Crippen molar-refractivity contribution in [2.45, 2.75) is 44.8 Å². The number of anilines is 1. The number of piperazine rings is 1. The average Bonchev–Trinajstić information content (AvgIpc) is 3.57. The van der Waals surface area contributed by atoms with E-state index in [2.05, 4.69) is 42.6 Å². The number of benzene rings is 3. The highest BCUT2D eigenvalue weighted by Gasteiger charge is 2.44. The topological polar surface area (TPSA) is 130 Å². The number of rotatable bonds is 9. The maximum absolute atomic E-state index is 13.3. The number of amides is 4. The third kappa shape index (κ3) is 6.55. The second kappa shape index (κ2) is 13.2. The molecule has 3 aliphatic heterocycles. The molecule has 0 bridgehead atoms. The van der Waals surface area contributed by atoms with E-state index in [0.29, 0.717) is 32.7 Å². The van der Waals surface area contributed by atoms with Gasteiger partial charge in [0.25, 0.3) is 11.8 Å². The summed E-state index contributed by atoms with van der Waals surface area (Å²) in [5.41, 5.74) is 10.9. The van der Waals surface area contributed by atoms with Crippen molar-refractivity contribution in [1.29, 1.82) is 0 Å². The molecular weight excluding hydrogens is 653 g/mol. The fourth-order valence-electron chi connectivity index (χ4n) is 7.03. The van der Waals surface area contributed by atoms with Gasteiger partial charge in [-0.2, -0.15) is 0 Å². The number of fused-ring (bicyclic) bond motifs is 2. The van der Waals surface area contributed by atoms with Crippen LogP contribution in [0.2, 0.25) is 0 Å². The Morgan fingerprint density at radius 1 is 0.860 bits per heavy atom. The molecule has 3 N–H and O–H groups in total. The first-order valence-corrected chi connectivity index (χ1v) is 16.5. The largest absolute Gasteiger partial charge is 0.573 e. The van der Waals surface area contributed by atoms with Gasteiger partial charge in [-0.15, -0.1) is 13.2 Å². The maximum Gasteiger partial charge on any atom is 0.573 e. The minimum atomic E-state index is -4.76. The number of carbonyl (C=O) groups excluding carboxylic acids is 4. The van der Waals surface area contributed by atoms with Crippen LogP contribution in [0.5, 0.6) is 5.75 Å². The lowest BCUT2D eigenvalue weighted by Gasteiger charge is -2.36. The summed E-state index contributed by atoms with van der Waals surface area (Å²) in [4.78, 5) is 55.9. The van der Waals surface area contributed by atoms with Crippen molar-refractivity contribution in [3.8, 4) is 16.9 Å². The van der Waals surface area contributed by atoms with Crippen molar-refractivity contribution in [2.75, 3.05) is 37.6 Å². The zero-order valence-corrected chi connectivity index (χ0v) is 27.0. The first-order valence-electron chi connectivity index (χ1n) is 16.5. The molecule has 11 nitrogen and oxygen atoms in total. The maximum atomic E-state index is 13.3. The van der Waals surface area contributed by atoms with Crippen LogP contribution in [-0.4, -0.2) is 83.1 Å². The average molecular weight is 689 g/mol. The van der Waals surface area contributed by atoms with Crippen LogP contribution in [0.1, 0.15) is 45.5 Å². The molecule has 0 aliphatic carbocycles. The molecule has 0 radical (unpaired) electrons. The van der Waals surface area contributed by atoms with E-state index in [-0.39, 0.29) is 29.7 Å². The number of piperidine rings is 1. The van der Waals surface area contributed by atoms with Gasteiger partial charge in [0.05, 0.1) is 11.1 Å². The molecule has 3 aromatic carbocycles. The molecule has 2 fully saturated rings. The van der Waals surface area contributed by atoms with Crippen molar-refractivity contribution < 1.29 is 37.1 Å². The Morgan fingerprint density at radius 2 is 1.60 bits per heavy atom. The molecule has 260 valence electrons. The van der Waals surface area contributed by atoms with Gasteiger partial charge >= 0.3 is 6.36 Å². The lowest BCUT2D eigenvalue weighted by Crippen LogP contribution is -2.54. The van der Waals surface area contributed by atoms with Gasteiger partial charge in [0.15, 0.2) is 0 Å². The number of halogens is 3. The van der Waals surface area contributed by atoms with Crippen LogP contribution in [0, 0.1) is 0 Å². The van der Waals surface area contributed by atoms with Gasteiger partial charge in [-0.05, 0) is 73.0 Å². The molecule has 7 rings (SSSR count). The number of ether oxygens (including phenoxy) is 1. The number of aromatic nitrogens is 1. The van der Waals surface area contributed by atoms with Crippen molar-refractivity contribution in [2.24, 2.45) is 5.73 Å². The molecule has 2 saturated heterocycles. The van der Waals surface area contributed by atoms with Gasteiger partial charge in [-0.25, -0.2) is 0 Å². The quantitative estimate of drug-likeness (QED) is 0.250. The molecule has 50 heavy (non-hydrogen) atoms. The highest BCUT2D eigenvalue weighted by atomic mass is 19.4. The van der Waals surface area contributed by atoms with Crippen molar-refractivity contribution in [3.63, 3.8) is 0 Å². The Balaban J connectivity index is 1.04. The number of alkyl halides is 3. The van der Waals surface area contributed by atoms with Crippen LogP contribution in [0.4, 0.5) is 18.9 Å². The molecule has 1 atom stereocenters. The van der Waals surface area contributed by atoms with E-state index in [1.165, 1.54) is 12.1 Å². The number of nitrogens with two attached hydrogens (primary N) is 1. The van der Waals surface area contributed by atoms with E-state index in [0.717, 1.165) is 57.7 Å². The Labute approximate surface area is 285 Å². The molecule has 0 spiro atoms. The molecule has 1 unspecified atom stereocenters. The minimum Gasteiger partial charge on any atom is -0.406 e. The SMILES string of the molecule is NCCCn1cc(-c2ccc(OC(F)(F)F)cc2)c2cc(CN3CCN(c4ccc5c(c4)C(=O)N(C4CCC(=O)NC4=O)C5=O)CC3)ccc21. The van der Waals surface area contributed by atoms with Gasteiger partial charge in [0.2, 0.25) is 11.8 Å². The summed E-state index contributed by atoms with van der Waals surface area (Å²) in [5, 5.41) is 3.21. The van der Waals surface area contributed by atoms with E-state index in [9.17, 15) is 32.3 Å². The van der Waals surface area contributed by atoms with E-state index >= 15 is 0 Å². The van der Waals surface area contributed by atoms with Crippen LogP contribution >= 0.6 is 0 Å². The third-order valence-corrected chi connectivity index (χ3v) is 9.51. The minimum absolute atomic E-state index is 0.0634. The molecular formula is C36H35F3N6O5. The Kier molecular flexibility index (Phi) is 8.82. The third-order valence-electron chi connectivity index (χ3n) is 9.51. The molecule has 4 aromatic rings. The van der Waals surface area contributed by atoms with Crippen molar-refractivity contribution >= 4 is 40.2 Å². The van der Waals surface area contributed by atoms with Crippen LogP contribution in [-0.2, 0) is 22.7 Å². The zero-order chi connectivity index (χ0) is 35.2. The van der Waals surface area contributed by atoms with E-state index in [4.69, 9.17) is 5.73 Å². The highest BCUT2D eigenvalue weighted by Crippen LogP contribution is 2.35. The van der Waals surface area contributed by atoms with E-state index in [1.807, 2.05) is 12.3 Å². The Hall–Kier alpha value is -5.21. The summed E-state index contributed by atoms with van der Waals surface area (Å²) in [5.74, 6) is -2.39. The van der Waals surface area contributed by atoms with E-state index < -0.39 is 36.0 Å². The summed E-state index contributed by atoms with van der Waals surface area (Å²) in [6.45, 7) is 4.79. The molecule has 0 saturated carbocycles. The monoisotopic (exact) mass is 688 g/mol. The van der Waals surface area contributed by atoms with Crippen LogP contribution < -0.4 is 20.7 Å². The van der Waals surface area contributed by atoms with Crippen LogP contribution in [0.25, 0.3) is 22.0 Å². The highest BCUT2D eigenvalue weighted by molar-refractivity contribution is 6.23. The number of aryl methyl sites for hydroxylation is 1. The fraction of sp³-hybridized carbons (Fsp3) is 0.333. The smallest absolute Gasteiger partial charge is 0.406 e. The molecule has 3 aliphatic rings. The van der Waals surface area contributed by atoms with Gasteiger partial charge in [0, 0.05) is 74.0 Å². The molecule has 1 aromatic heterocycles. The molecule has 14 heteroatoms. The summed E-state index contributed by atoms with van der Waals surface area (Å²) < 4.78 is 44.3. The van der Waals surface area contributed by atoms with Gasteiger partial charge in [-0.1, -0.05) is 18.2 Å². The number of nitrogens with zero attached hydrogens (tertiary/aromatic N) is 4. The lowest BCUT2D eigenvalue weighted by molar-refractivity contribution is -0.274. The van der Waals surface area contributed by atoms with E-state index in [1.54, 1.807) is 24.3 Å². The summed E-state index contributed by atoms with van der Waals surface area (Å²) >= 11 is 0. The van der Waals surface area contributed by atoms with Gasteiger partial charge in [-0.3, -0.25) is 34.3 Å². The molecule has 4 amide bonds. The van der Waals surface area contributed by atoms with Crippen molar-refractivity contribution in [3.05, 3.63) is 83.6 Å². The summed E-state index contributed by atoms with van der Waals surface area (Å²) in [6.07, 6.45) is -1.80. The zero-order valence-electron chi connectivity index (χ0n) is 27.0. The Bertz CT molecular complexity index is 1980. The lowest BCUT2D eigenvalue weighted by atomic mass is 10.0. The summed E-state index contributed by atoms with van der Waals surface area (Å²) in [6, 6.07) is 16.3. The number of hydrogen-bond acceptors (Lipinski definition) is 8.